The van der Waals surface area contributed by atoms with Gasteiger partial charge in [-0.15, -0.1) is 0 Å². The van der Waals surface area contributed by atoms with Crippen LogP contribution in [0, 0.1) is 6.92 Å². The van der Waals surface area contributed by atoms with Crippen molar-refractivity contribution in [2.75, 3.05) is 18.5 Å². The van der Waals surface area contributed by atoms with E-state index in [2.05, 4.69) is 55.3 Å². The molecule has 0 saturated carbocycles. The summed E-state index contributed by atoms with van der Waals surface area (Å²) in [6.07, 6.45) is 0.985. The Morgan fingerprint density at radius 1 is 1.30 bits per heavy atom. The van der Waals surface area contributed by atoms with Crippen molar-refractivity contribution in [3.05, 3.63) is 40.4 Å². The van der Waals surface area contributed by atoms with Gasteiger partial charge in [-0.25, -0.2) is 4.98 Å². The van der Waals surface area contributed by atoms with Crippen LogP contribution in [0.25, 0.3) is 0 Å². The number of hydrogen-bond donors (Lipinski definition) is 1. The summed E-state index contributed by atoms with van der Waals surface area (Å²) in [5.41, 5.74) is 3.72. The van der Waals surface area contributed by atoms with Gasteiger partial charge in [0.25, 0.3) is 0 Å². The van der Waals surface area contributed by atoms with Crippen molar-refractivity contribution in [1.82, 2.24) is 10.3 Å². The van der Waals surface area contributed by atoms with Crippen LogP contribution in [0.15, 0.2) is 24.3 Å². The van der Waals surface area contributed by atoms with Gasteiger partial charge in [-0.1, -0.05) is 30.4 Å². The van der Waals surface area contributed by atoms with Gasteiger partial charge >= 0.3 is 0 Å². The lowest BCUT2D eigenvalue weighted by atomic mass is 10.2. The normalized spacial score (nSPS) is 10.8. The molecule has 0 saturated heterocycles. The first-order valence-corrected chi connectivity index (χ1v) is 7.98. The van der Waals surface area contributed by atoms with Crippen molar-refractivity contribution in [2.45, 2.75) is 33.7 Å². The van der Waals surface area contributed by atoms with Crippen LogP contribution in [0.1, 0.15) is 30.0 Å². The van der Waals surface area contributed by atoms with Crippen molar-refractivity contribution < 1.29 is 0 Å². The molecule has 1 heterocycles. The van der Waals surface area contributed by atoms with E-state index < -0.39 is 0 Å². The monoisotopic (exact) mass is 289 g/mol. The molecule has 2 aromatic rings. The van der Waals surface area contributed by atoms with E-state index >= 15 is 0 Å². The maximum absolute atomic E-state index is 4.83. The van der Waals surface area contributed by atoms with E-state index in [-0.39, 0.29) is 0 Å². The van der Waals surface area contributed by atoms with E-state index in [1.807, 2.05) is 7.05 Å². The van der Waals surface area contributed by atoms with E-state index in [1.54, 1.807) is 11.3 Å². The minimum absolute atomic E-state index is 0.895. The molecule has 0 fully saturated rings. The molecule has 3 nitrogen and oxygen atoms in total. The lowest BCUT2D eigenvalue weighted by molar-refractivity contribution is 0.814. The fraction of sp³-hybridized carbons (Fsp3) is 0.438. The Morgan fingerprint density at radius 2 is 2.10 bits per heavy atom. The number of anilines is 2. The van der Waals surface area contributed by atoms with Gasteiger partial charge < -0.3 is 10.2 Å². The smallest absolute Gasteiger partial charge is 0.190 e. The third-order valence-electron chi connectivity index (χ3n) is 3.30. The molecule has 0 unspecified atom stereocenters. The second-order valence-corrected chi connectivity index (χ2v) is 5.90. The molecule has 1 aromatic carbocycles. The molecule has 0 atom stereocenters. The van der Waals surface area contributed by atoms with Crippen molar-refractivity contribution in [3.8, 4) is 0 Å². The molecule has 4 heteroatoms. The maximum atomic E-state index is 4.83. The molecule has 1 N–H and O–H groups in total. The zero-order valence-corrected chi connectivity index (χ0v) is 13.5. The Kier molecular flexibility index (Phi) is 5.15. The molecule has 108 valence electrons. The van der Waals surface area contributed by atoms with Crippen molar-refractivity contribution in [3.63, 3.8) is 0 Å². The van der Waals surface area contributed by atoms with E-state index in [1.165, 1.54) is 21.8 Å². The Labute approximate surface area is 125 Å². The van der Waals surface area contributed by atoms with Gasteiger partial charge in [-0.3, -0.25) is 0 Å². The Morgan fingerprint density at radius 3 is 2.70 bits per heavy atom. The predicted octanol–water partition coefficient (Wildman–Crippen LogP) is 3.89. The molecule has 0 aliphatic rings. The van der Waals surface area contributed by atoms with Crippen LogP contribution >= 0.6 is 11.3 Å². The molecule has 2 rings (SSSR count). The number of nitrogens with one attached hydrogen (secondary N) is 1. The number of benzene rings is 1. The van der Waals surface area contributed by atoms with E-state index in [9.17, 15) is 0 Å². The quantitative estimate of drug-likeness (QED) is 0.874. The van der Waals surface area contributed by atoms with Crippen molar-refractivity contribution >= 4 is 22.2 Å². The molecule has 0 bridgehead atoms. The van der Waals surface area contributed by atoms with Crippen LogP contribution in [0.2, 0.25) is 0 Å². The Balaban J connectivity index is 2.36. The zero-order chi connectivity index (χ0) is 14.5. The fourth-order valence-corrected chi connectivity index (χ4v) is 3.53. The zero-order valence-electron chi connectivity index (χ0n) is 12.7. The molecule has 0 amide bonds. The summed E-state index contributed by atoms with van der Waals surface area (Å²) in [7, 11) is 1.98. The summed E-state index contributed by atoms with van der Waals surface area (Å²) < 4.78 is 0. The fourth-order valence-electron chi connectivity index (χ4n) is 2.28. The van der Waals surface area contributed by atoms with Crippen LogP contribution in [-0.2, 0) is 13.0 Å². The average Bonchev–Trinajstić information content (AvgIpc) is 2.83. The minimum Gasteiger partial charge on any atom is -0.318 e. The number of nitrogens with zero attached hydrogens (tertiary/aromatic N) is 2. The third-order valence-corrected chi connectivity index (χ3v) is 4.42. The number of aromatic nitrogens is 1. The highest BCUT2D eigenvalue weighted by molar-refractivity contribution is 7.15. The van der Waals surface area contributed by atoms with E-state index in [0.29, 0.717) is 0 Å². The predicted molar refractivity (Wildman–Crippen MR) is 88.1 cm³/mol. The second kappa shape index (κ2) is 6.86. The highest BCUT2D eigenvalue weighted by Gasteiger charge is 2.15. The lowest BCUT2D eigenvalue weighted by Gasteiger charge is -2.20. The van der Waals surface area contributed by atoms with Crippen molar-refractivity contribution in [1.29, 1.82) is 0 Å². The van der Waals surface area contributed by atoms with E-state index in [0.717, 1.165) is 24.6 Å². The molecule has 0 aliphatic heterocycles. The van der Waals surface area contributed by atoms with Crippen LogP contribution in [-0.4, -0.2) is 18.6 Å². The van der Waals surface area contributed by atoms with Crippen LogP contribution in [0.5, 0.6) is 0 Å². The van der Waals surface area contributed by atoms with Gasteiger partial charge in [0, 0.05) is 23.7 Å². The summed E-state index contributed by atoms with van der Waals surface area (Å²) in [6.45, 7) is 8.29. The first kappa shape index (κ1) is 15.0. The summed E-state index contributed by atoms with van der Waals surface area (Å²) in [4.78, 5) is 8.46. The first-order chi connectivity index (χ1) is 9.69. The minimum atomic E-state index is 0.895. The highest BCUT2D eigenvalue weighted by atomic mass is 32.1. The van der Waals surface area contributed by atoms with Crippen LogP contribution in [0.4, 0.5) is 10.8 Å². The molecule has 0 radical (unpaired) electrons. The highest BCUT2D eigenvalue weighted by Crippen LogP contribution is 2.32. The van der Waals surface area contributed by atoms with Gasteiger partial charge in [0.2, 0.25) is 0 Å². The average molecular weight is 289 g/mol. The molecular weight excluding hydrogens is 266 g/mol. The van der Waals surface area contributed by atoms with Crippen molar-refractivity contribution in [2.24, 2.45) is 0 Å². The standard InChI is InChI=1S/C16H23N3S/c1-5-14-15(11-17-4)20-16(18-14)19(6-2)13-9-7-8-12(3)10-13/h7-10,17H,5-6,11H2,1-4H3. The van der Waals surface area contributed by atoms with E-state index in [4.69, 9.17) is 4.98 Å². The van der Waals surface area contributed by atoms with Crippen LogP contribution < -0.4 is 10.2 Å². The number of aryl methyl sites for hydroxylation is 2. The molecular formula is C16H23N3S. The summed E-state index contributed by atoms with van der Waals surface area (Å²) in [5.74, 6) is 0. The topological polar surface area (TPSA) is 28.2 Å². The largest absolute Gasteiger partial charge is 0.318 e. The summed E-state index contributed by atoms with van der Waals surface area (Å²) in [5, 5.41) is 4.33. The summed E-state index contributed by atoms with van der Waals surface area (Å²) in [6, 6.07) is 8.61. The van der Waals surface area contributed by atoms with Gasteiger partial charge in [-0.2, -0.15) is 0 Å². The molecule has 0 spiro atoms. The Bertz CT molecular complexity index is 563. The van der Waals surface area contributed by atoms with Gasteiger partial charge in [-0.05, 0) is 45.0 Å². The molecule has 1 aromatic heterocycles. The van der Waals surface area contributed by atoms with Crippen LogP contribution in [0.3, 0.4) is 0 Å². The van der Waals surface area contributed by atoms with Gasteiger partial charge in [0.05, 0.1) is 5.69 Å². The Hall–Kier alpha value is -1.39. The molecule has 20 heavy (non-hydrogen) atoms. The second-order valence-electron chi connectivity index (χ2n) is 4.83. The summed E-state index contributed by atoms with van der Waals surface area (Å²) >= 11 is 1.79. The number of hydrogen-bond acceptors (Lipinski definition) is 4. The molecule has 0 aliphatic carbocycles. The maximum Gasteiger partial charge on any atom is 0.190 e. The SMILES string of the molecule is CCc1nc(N(CC)c2cccc(C)c2)sc1CNC. The number of rotatable bonds is 6. The first-order valence-electron chi connectivity index (χ1n) is 7.17. The third kappa shape index (κ3) is 3.19. The number of thiazole rings is 1. The van der Waals surface area contributed by atoms with Gasteiger partial charge in [0.1, 0.15) is 0 Å². The van der Waals surface area contributed by atoms with Gasteiger partial charge in [0.15, 0.2) is 5.13 Å². The lowest BCUT2D eigenvalue weighted by Crippen LogP contribution is -2.15.